The molecular formula is C27H27F2N3O2. The SMILES string of the molecule is CN(Cc1ccccc1)C(=O)c1ccccc1N1CCC(NC(=O)c2ccc(F)cc2F)CC1. The Balaban J connectivity index is 1.39. The third kappa shape index (κ3) is 5.42. The van der Waals surface area contributed by atoms with E-state index in [4.69, 9.17) is 0 Å². The maximum Gasteiger partial charge on any atom is 0.256 e. The molecule has 4 rings (SSSR count). The predicted octanol–water partition coefficient (Wildman–Crippen LogP) is 4.64. The smallest absolute Gasteiger partial charge is 0.256 e. The summed E-state index contributed by atoms with van der Waals surface area (Å²) in [4.78, 5) is 29.5. The van der Waals surface area contributed by atoms with Gasteiger partial charge in [-0.05, 0) is 42.7 Å². The minimum atomic E-state index is -0.873. The van der Waals surface area contributed by atoms with E-state index in [1.165, 1.54) is 0 Å². The summed E-state index contributed by atoms with van der Waals surface area (Å²) in [5.41, 5.74) is 2.39. The second-order valence-corrected chi connectivity index (χ2v) is 8.52. The van der Waals surface area contributed by atoms with Gasteiger partial charge in [-0.1, -0.05) is 42.5 Å². The molecule has 0 aliphatic carbocycles. The van der Waals surface area contributed by atoms with Gasteiger partial charge in [0.2, 0.25) is 0 Å². The number of piperidine rings is 1. The minimum absolute atomic E-state index is 0.0540. The third-order valence-electron chi connectivity index (χ3n) is 6.09. The van der Waals surface area contributed by atoms with E-state index >= 15 is 0 Å². The first-order valence-electron chi connectivity index (χ1n) is 11.3. The quantitative estimate of drug-likeness (QED) is 0.580. The van der Waals surface area contributed by atoms with Gasteiger partial charge in [0.1, 0.15) is 11.6 Å². The molecule has 0 aromatic heterocycles. The second-order valence-electron chi connectivity index (χ2n) is 8.52. The zero-order chi connectivity index (χ0) is 24.1. The van der Waals surface area contributed by atoms with E-state index < -0.39 is 17.5 Å². The maximum atomic E-state index is 13.9. The van der Waals surface area contributed by atoms with Crippen molar-refractivity contribution in [3.63, 3.8) is 0 Å². The van der Waals surface area contributed by atoms with Crippen molar-refractivity contribution in [3.05, 3.63) is 101 Å². The van der Waals surface area contributed by atoms with Gasteiger partial charge in [-0.3, -0.25) is 9.59 Å². The summed E-state index contributed by atoms with van der Waals surface area (Å²) in [6.45, 7) is 1.80. The van der Waals surface area contributed by atoms with Crippen LogP contribution in [0.3, 0.4) is 0 Å². The highest BCUT2D eigenvalue weighted by atomic mass is 19.1. The number of nitrogens with zero attached hydrogens (tertiary/aromatic N) is 2. The monoisotopic (exact) mass is 463 g/mol. The van der Waals surface area contributed by atoms with E-state index in [1.54, 1.807) is 11.9 Å². The van der Waals surface area contributed by atoms with Crippen molar-refractivity contribution in [2.75, 3.05) is 25.0 Å². The maximum absolute atomic E-state index is 13.9. The Morgan fingerprint density at radius 3 is 2.32 bits per heavy atom. The fourth-order valence-electron chi connectivity index (χ4n) is 4.27. The number of para-hydroxylation sites is 1. The normalized spacial score (nSPS) is 14.0. The highest BCUT2D eigenvalue weighted by Gasteiger charge is 2.25. The molecule has 3 aromatic carbocycles. The number of anilines is 1. The lowest BCUT2D eigenvalue weighted by Crippen LogP contribution is -2.45. The molecule has 0 saturated carbocycles. The molecule has 1 heterocycles. The average Bonchev–Trinajstić information content (AvgIpc) is 2.84. The second kappa shape index (κ2) is 10.5. The number of halogens is 2. The number of benzene rings is 3. The van der Waals surface area contributed by atoms with Crippen LogP contribution in [0.5, 0.6) is 0 Å². The molecule has 7 heteroatoms. The molecule has 0 radical (unpaired) electrons. The van der Waals surface area contributed by atoms with Gasteiger partial charge >= 0.3 is 0 Å². The lowest BCUT2D eigenvalue weighted by molar-refractivity contribution is 0.0785. The first-order valence-corrected chi connectivity index (χ1v) is 11.3. The number of amides is 2. The molecular weight excluding hydrogens is 436 g/mol. The highest BCUT2D eigenvalue weighted by Crippen LogP contribution is 2.26. The summed E-state index contributed by atoms with van der Waals surface area (Å²) < 4.78 is 27.0. The number of carbonyl (C=O) groups excluding carboxylic acids is 2. The largest absolute Gasteiger partial charge is 0.371 e. The Morgan fingerprint density at radius 1 is 0.941 bits per heavy atom. The van der Waals surface area contributed by atoms with Gasteiger partial charge in [0.25, 0.3) is 11.8 Å². The van der Waals surface area contributed by atoms with Crippen LogP contribution >= 0.6 is 0 Å². The molecule has 1 saturated heterocycles. The van der Waals surface area contributed by atoms with Crippen molar-refractivity contribution >= 4 is 17.5 Å². The van der Waals surface area contributed by atoms with Gasteiger partial charge in [0, 0.05) is 44.5 Å². The van der Waals surface area contributed by atoms with Gasteiger partial charge in [-0.2, -0.15) is 0 Å². The minimum Gasteiger partial charge on any atom is -0.371 e. The molecule has 3 aromatic rings. The lowest BCUT2D eigenvalue weighted by Gasteiger charge is -2.35. The Hall–Kier alpha value is -3.74. The summed E-state index contributed by atoms with van der Waals surface area (Å²) >= 11 is 0. The highest BCUT2D eigenvalue weighted by molar-refractivity contribution is 5.99. The average molecular weight is 464 g/mol. The van der Waals surface area contributed by atoms with Crippen LogP contribution in [0.4, 0.5) is 14.5 Å². The van der Waals surface area contributed by atoms with Crippen LogP contribution in [-0.4, -0.2) is 42.9 Å². The van der Waals surface area contributed by atoms with Gasteiger partial charge in [0.15, 0.2) is 0 Å². The van der Waals surface area contributed by atoms with Crippen molar-refractivity contribution in [1.82, 2.24) is 10.2 Å². The van der Waals surface area contributed by atoms with Crippen molar-refractivity contribution in [2.24, 2.45) is 0 Å². The van der Waals surface area contributed by atoms with Crippen molar-refractivity contribution in [2.45, 2.75) is 25.4 Å². The van der Waals surface area contributed by atoms with E-state index in [2.05, 4.69) is 10.2 Å². The molecule has 2 amide bonds. The van der Waals surface area contributed by atoms with E-state index in [-0.39, 0.29) is 17.5 Å². The predicted molar refractivity (Wildman–Crippen MR) is 128 cm³/mol. The summed E-state index contributed by atoms with van der Waals surface area (Å²) in [6, 6.07) is 20.2. The van der Waals surface area contributed by atoms with Gasteiger partial charge in [-0.25, -0.2) is 8.78 Å². The Kier molecular flexibility index (Phi) is 7.21. The summed E-state index contributed by atoms with van der Waals surface area (Å²) in [6.07, 6.45) is 1.30. The molecule has 34 heavy (non-hydrogen) atoms. The van der Waals surface area contributed by atoms with E-state index in [0.29, 0.717) is 44.1 Å². The molecule has 1 N–H and O–H groups in total. The number of hydrogen-bond donors (Lipinski definition) is 1. The number of carbonyl (C=O) groups is 2. The van der Waals surface area contributed by atoms with Crippen LogP contribution in [0.2, 0.25) is 0 Å². The molecule has 0 unspecified atom stereocenters. The lowest BCUT2D eigenvalue weighted by atomic mass is 10.0. The zero-order valence-electron chi connectivity index (χ0n) is 19.0. The standard InChI is InChI=1S/C27H27F2N3O2/c1-31(18-19-7-3-2-4-8-19)27(34)23-9-5-6-10-25(23)32-15-13-21(14-16-32)30-26(33)22-12-11-20(28)17-24(22)29/h2-12,17,21H,13-16,18H2,1H3,(H,30,33). The first-order chi connectivity index (χ1) is 16.4. The van der Waals surface area contributed by atoms with Crippen LogP contribution in [0.25, 0.3) is 0 Å². The Morgan fingerprint density at radius 2 is 1.62 bits per heavy atom. The zero-order valence-corrected chi connectivity index (χ0v) is 19.0. The molecule has 1 aliphatic rings. The van der Waals surface area contributed by atoms with Crippen molar-refractivity contribution in [1.29, 1.82) is 0 Å². The van der Waals surface area contributed by atoms with Crippen LogP contribution in [0.1, 0.15) is 39.1 Å². The van der Waals surface area contributed by atoms with Gasteiger partial charge < -0.3 is 15.1 Å². The van der Waals surface area contributed by atoms with E-state index in [0.717, 1.165) is 23.4 Å². The van der Waals surface area contributed by atoms with E-state index in [9.17, 15) is 18.4 Å². The van der Waals surface area contributed by atoms with Crippen molar-refractivity contribution in [3.8, 4) is 0 Å². The van der Waals surface area contributed by atoms with Crippen molar-refractivity contribution < 1.29 is 18.4 Å². The van der Waals surface area contributed by atoms with Gasteiger partial charge in [-0.15, -0.1) is 0 Å². The van der Waals surface area contributed by atoms with E-state index in [1.807, 2.05) is 54.6 Å². The topological polar surface area (TPSA) is 52.7 Å². The molecule has 1 aliphatic heterocycles. The number of hydrogen-bond acceptors (Lipinski definition) is 3. The molecule has 0 atom stereocenters. The number of nitrogens with one attached hydrogen (secondary N) is 1. The Bertz CT molecular complexity index is 1160. The first kappa shape index (κ1) is 23.4. The summed E-state index contributed by atoms with van der Waals surface area (Å²) in [5.74, 6) is -2.19. The molecule has 0 spiro atoms. The van der Waals surface area contributed by atoms with Crippen LogP contribution in [-0.2, 0) is 6.54 Å². The van der Waals surface area contributed by atoms with Crippen LogP contribution < -0.4 is 10.2 Å². The van der Waals surface area contributed by atoms with Gasteiger partial charge in [0.05, 0.1) is 11.1 Å². The fraction of sp³-hybridized carbons (Fsp3) is 0.259. The summed E-state index contributed by atoms with van der Waals surface area (Å²) in [5, 5.41) is 2.85. The Labute approximate surface area is 198 Å². The molecule has 176 valence electrons. The number of rotatable bonds is 6. The third-order valence-corrected chi connectivity index (χ3v) is 6.09. The molecule has 1 fully saturated rings. The fourth-order valence-corrected chi connectivity index (χ4v) is 4.27. The van der Waals surface area contributed by atoms with Crippen LogP contribution in [0, 0.1) is 11.6 Å². The van der Waals surface area contributed by atoms with Crippen LogP contribution in [0.15, 0.2) is 72.8 Å². The summed E-state index contributed by atoms with van der Waals surface area (Å²) in [7, 11) is 1.79. The molecule has 0 bridgehead atoms. The molecule has 5 nitrogen and oxygen atoms in total.